The largest absolute Gasteiger partial charge is 0.387 e. The summed E-state index contributed by atoms with van der Waals surface area (Å²) < 4.78 is 42.8. The first kappa shape index (κ1) is 20.7. The van der Waals surface area contributed by atoms with Crippen LogP contribution in [0, 0.1) is 17.1 Å². The molecule has 1 amide bonds. The number of nitriles is 1. The molecule has 0 saturated heterocycles. The SMILES string of the molecule is C=C[C@H](O)[C@@H]1CCc2c(cn(C)c2C(=O)Nc2ccc(F)c(C#N)c2)S(=O)(=O)N1. The Bertz CT molecular complexity index is 1130. The molecule has 2 aromatic rings. The minimum Gasteiger partial charge on any atom is -0.387 e. The van der Waals surface area contributed by atoms with E-state index in [1.165, 1.54) is 29.0 Å². The van der Waals surface area contributed by atoms with Crippen molar-refractivity contribution in [3.8, 4) is 6.07 Å². The third-order valence-corrected chi connectivity index (χ3v) is 6.31. The Labute approximate surface area is 167 Å². The van der Waals surface area contributed by atoms with Gasteiger partial charge in [0.25, 0.3) is 5.91 Å². The van der Waals surface area contributed by atoms with Crippen molar-refractivity contribution in [2.24, 2.45) is 7.05 Å². The van der Waals surface area contributed by atoms with Crippen LogP contribution in [0.25, 0.3) is 0 Å². The first-order chi connectivity index (χ1) is 13.7. The molecule has 3 N–H and O–H groups in total. The molecule has 29 heavy (non-hydrogen) atoms. The minimum absolute atomic E-state index is 0.0410. The van der Waals surface area contributed by atoms with Gasteiger partial charge >= 0.3 is 0 Å². The van der Waals surface area contributed by atoms with Crippen LogP contribution in [0.2, 0.25) is 0 Å². The van der Waals surface area contributed by atoms with E-state index in [-0.39, 0.29) is 34.7 Å². The second-order valence-corrected chi connectivity index (χ2v) is 8.37. The number of aliphatic hydroxyl groups excluding tert-OH is 1. The molecule has 152 valence electrons. The molecule has 0 spiro atoms. The Morgan fingerprint density at radius 2 is 2.28 bits per heavy atom. The molecule has 8 nitrogen and oxygen atoms in total. The Kier molecular flexibility index (Phi) is 5.57. The molecule has 0 bridgehead atoms. The Morgan fingerprint density at radius 1 is 1.55 bits per heavy atom. The fourth-order valence-corrected chi connectivity index (χ4v) is 4.93. The van der Waals surface area contributed by atoms with Gasteiger partial charge in [0.1, 0.15) is 22.5 Å². The number of rotatable bonds is 4. The van der Waals surface area contributed by atoms with Gasteiger partial charge in [-0.15, -0.1) is 6.58 Å². The predicted octanol–water partition coefficient (Wildman–Crippen LogP) is 1.43. The number of nitrogens with one attached hydrogen (secondary N) is 2. The number of amides is 1. The Morgan fingerprint density at radius 3 is 2.93 bits per heavy atom. The topological polar surface area (TPSA) is 124 Å². The van der Waals surface area contributed by atoms with Crippen LogP contribution in [0.1, 0.15) is 28.0 Å². The number of benzene rings is 1. The molecule has 0 saturated carbocycles. The van der Waals surface area contributed by atoms with Gasteiger partial charge in [-0.3, -0.25) is 4.79 Å². The maximum atomic E-state index is 13.5. The van der Waals surface area contributed by atoms with Gasteiger partial charge in [-0.1, -0.05) is 6.08 Å². The van der Waals surface area contributed by atoms with E-state index in [0.717, 1.165) is 6.07 Å². The zero-order chi connectivity index (χ0) is 21.3. The van der Waals surface area contributed by atoms with E-state index in [0.29, 0.717) is 5.56 Å². The lowest BCUT2D eigenvalue weighted by Gasteiger charge is -2.19. The molecule has 10 heteroatoms. The first-order valence-electron chi connectivity index (χ1n) is 8.70. The lowest BCUT2D eigenvalue weighted by atomic mass is 10.0. The van der Waals surface area contributed by atoms with Crippen LogP contribution in [-0.2, 0) is 23.5 Å². The van der Waals surface area contributed by atoms with E-state index in [2.05, 4.69) is 16.6 Å². The van der Waals surface area contributed by atoms with Gasteiger partial charge in [0, 0.05) is 24.5 Å². The third kappa shape index (κ3) is 3.93. The highest BCUT2D eigenvalue weighted by molar-refractivity contribution is 7.89. The highest BCUT2D eigenvalue weighted by atomic mass is 32.2. The van der Waals surface area contributed by atoms with Gasteiger partial charge in [-0.2, -0.15) is 5.26 Å². The average molecular weight is 418 g/mol. The standard InChI is InChI=1S/C19H19FN4O4S/c1-3-16(25)15-7-5-13-17(29(27,28)23-15)10-24(2)18(13)19(26)22-12-4-6-14(20)11(8-12)9-21/h3-4,6,8,10,15-16,23,25H,1,5,7H2,2H3,(H,22,26)/t15-,16-/m0/s1. The van der Waals surface area contributed by atoms with E-state index in [1.807, 2.05) is 0 Å². The van der Waals surface area contributed by atoms with Crippen LogP contribution >= 0.6 is 0 Å². The van der Waals surface area contributed by atoms with E-state index in [4.69, 9.17) is 5.26 Å². The molecule has 1 aromatic carbocycles. The van der Waals surface area contributed by atoms with E-state index in [9.17, 15) is 22.7 Å². The fourth-order valence-electron chi connectivity index (χ4n) is 3.32. The quantitative estimate of drug-likeness (QED) is 0.648. The van der Waals surface area contributed by atoms with Crippen LogP contribution in [0.15, 0.2) is 41.9 Å². The number of hydrogen-bond acceptors (Lipinski definition) is 5. The molecule has 0 unspecified atom stereocenters. The second-order valence-electron chi connectivity index (χ2n) is 6.68. The maximum absolute atomic E-state index is 13.5. The number of carbonyl (C=O) groups excluding carboxylic acids is 1. The van der Waals surface area contributed by atoms with Crippen molar-refractivity contribution in [3.05, 3.63) is 59.7 Å². The number of hydrogen-bond donors (Lipinski definition) is 3. The number of aromatic nitrogens is 1. The number of sulfonamides is 1. The van der Waals surface area contributed by atoms with Gasteiger partial charge in [0.2, 0.25) is 10.0 Å². The summed E-state index contributed by atoms with van der Waals surface area (Å²) in [5.74, 6) is -1.30. The molecule has 0 aliphatic carbocycles. The molecule has 0 fully saturated rings. The van der Waals surface area contributed by atoms with Crippen molar-refractivity contribution in [3.63, 3.8) is 0 Å². The fraction of sp³-hybridized carbons (Fsp3) is 0.263. The molecule has 1 aromatic heterocycles. The summed E-state index contributed by atoms with van der Waals surface area (Å²) in [6.45, 7) is 3.48. The molecular weight excluding hydrogens is 399 g/mol. The Balaban J connectivity index is 1.97. The zero-order valence-electron chi connectivity index (χ0n) is 15.5. The van der Waals surface area contributed by atoms with Crippen molar-refractivity contribution >= 4 is 21.6 Å². The van der Waals surface area contributed by atoms with E-state index in [1.54, 1.807) is 13.1 Å². The minimum atomic E-state index is -3.96. The highest BCUT2D eigenvalue weighted by Crippen LogP contribution is 2.28. The monoisotopic (exact) mass is 418 g/mol. The van der Waals surface area contributed by atoms with Gasteiger partial charge < -0.3 is 15.0 Å². The van der Waals surface area contributed by atoms with Crippen molar-refractivity contribution in [1.82, 2.24) is 9.29 Å². The smallest absolute Gasteiger partial charge is 0.272 e. The van der Waals surface area contributed by atoms with Crippen LogP contribution < -0.4 is 10.0 Å². The van der Waals surface area contributed by atoms with Crippen LogP contribution in [-0.4, -0.2) is 36.1 Å². The second kappa shape index (κ2) is 7.79. The molecule has 0 radical (unpaired) electrons. The number of fused-ring (bicyclic) bond motifs is 1. The Hall–Kier alpha value is -3.00. The molecule has 1 aliphatic rings. The molecular formula is C19H19FN4O4S. The lowest BCUT2D eigenvalue weighted by Crippen LogP contribution is -2.41. The number of anilines is 1. The summed E-state index contributed by atoms with van der Waals surface area (Å²) in [6.07, 6.45) is 2.01. The summed E-state index contributed by atoms with van der Waals surface area (Å²) in [4.78, 5) is 12.8. The van der Waals surface area contributed by atoms with Crippen molar-refractivity contribution in [2.75, 3.05) is 5.32 Å². The summed E-state index contributed by atoms with van der Waals surface area (Å²) in [5, 5.41) is 21.5. The van der Waals surface area contributed by atoms with E-state index < -0.39 is 33.9 Å². The predicted molar refractivity (Wildman–Crippen MR) is 103 cm³/mol. The highest BCUT2D eigenvalue weighted by Gasteiger charge is 2.34. The molecule has 2 heterocycles. The average Bonchev–Trinajstić information content (AvgIpc) is 2.96. The zero-order valence-corrected chi connectivity index (χ0v) is 16.3. The summed E-state index contributed by atoms with van der Waals surface area (Å²) in [5.41, 5.74) is 0.430. The third-order valence-electron chi connectivity index (χ3n) is 4.76. The summed E-state index contributed by atoms with van der Waals surface area (Å²) in [6, 6.07) is 4.50. The number of nitrogens with zero attached hydrogens (tertiary/aromatic N) is 2. The normalized spacial score (nSPS) is 18.8. The molecule has 2 atom stereocenters. The number of aryl methyl sites for hydroxylation is 1. The van der Waals surface area contributed by atoms with E-state index >= 15 is 0 Å². The van der Waals surface area contributed by atoms with Crippen LogP contribution in [0.3, 0.4) is 0 Å². The lowest BCUT2D eigenvalue weighted by molar-refractivity contribution is 0.101. The molecule has 3 rings (SSSR count). The number of aliphatic hydroxyl groups is 1. The maximum Gasteiger partial charge on any atom is 0.272 e. The van der Waals surface area contributed by atoms with Crippen molar-refractivity contribution < 1.29 is 22.7 Å². The number of halogens is 1. The van der Waals surface area contributed by atoms with Gasteiger partial charge in [0.15, 0.2) is 0 Å². The molecule has 1 aliphatic heterocycles. The van der Waals surface area contributed by atoms with Crippen molar-refractivity contribution in [1.29, 1.82) is 5.26 Å². The van der Waals surface area contributed by atoms with Gasteiger partial charge in [0.05, 0.1) is 17.7 Å². The first-order valence-corrected chi connectivity index (χ1v) is 10.2. The number of carbonyl (C=O) groups is 1. The van der Waals surface area contributed by atoms with Crippen LogP contribution in [0.4, 0.5) is 10.1 Å². The van der Waals surface area contributed by atoms with Crippen LogP contribution in [0.5, 0.6) is 0 Å². The van der Waals surface area contributed by atoms with Gasteiger partial charge in [-0.25, -0.2) is 17.5 Å². The summed E-state index contributed by atoms with van der Waals surface area (Å²) in [7, 11) is -2.42. The van der Waals surface area contributed by atoms with Gasteiger partial charge in [-0.05, 0) is 31.0 Å². The summed E-state index contributed by atoms with van der Waals surface area (Å²) >= 11 is 0. The van der Waals surface area contributed by atoms with Crippen molar-refractivity contribution in [2.45, 2.75) is 29.9 Å².